The van der Waals surface area contributed by atoms with Gasteiger partial charge in [-0.05, 0) is 30.7 Å². The Balaban J connectivity index is 1.98. The van der Waals surface area contributed by atoms with Crippen LogP contribution in [0.2, 0.25) is 0 Å². The monoisotopic (exact) mass is 292 g/mol. The first kappa shape index (κ1) is 14.1. The predicted molar refractivity (Wildman–Crippen MR) is 86.9 cm³/mol. The van der Waals surface area contributed by atoms with Crippen molar-refractivity contribution in [3.8, 4) is 5.75 Å². The number of ketones is 1. The molecule has 22 heavy (non-hydrogen) atoms. The van der Waals surface area contributed by atoms with E-state index in [0.717, 1.165) is 16.9 Å². The number of allylic oxidation sites excluding steroid dienone is 1. The van der Waals surface area contributed by atoms with E-state index >= 15 is 0 Å². The van der Waals surface area contributed by atoms with Gasteiger partial charge < -0.3 is 9.67 Å². The summed E-state index contributed by atoms with van der Waals surface area (Å²) in [5.41, 5.74) is 2.46. The summed E-state index contributed by atoms with van der Waals surface area (Å²) in [4.78, 5) is 16.6. The SMILES string of the molecule is Cc1nc2c(O)c(C(=O)C=Cc3ccccc3)ccc2n1C. The first-order valence-electron chi connectivity index (χ1n) is 7.00. The maximum absolute atomic E-state index is 12.3. The van der Waals surface area contributed by atoms with Crippen LogP contribution in [0, 0.1) is 6.92 Å². The maximum Gasteiger partial charge on any atom is 0.189 e. The number of carbonyl (C=O) groups excluding carboxylic acids is 1. The number of benzene rings is 2. The summed E-state index contributed by atoms with van der Waals surface area (Å²) in [7, 11) is 1.88. The van der Waals surface area contributed by atoms with Crippen molar-refractivity contribution < 1.29 is 9.90 Å². The van der Waals surface area contributed by atoms with Crippen molar-refractivity contribution in [2.75, 3.05) is 0 Å². The van der Waals surface area contributed by atoms with Gasteiger partial charge in [-0.25, -0.2) is 4.98 Å². The van der Waals surface area contributed by atoms with Crippen LogP contribution in [0.25, 0.3) is 17.1 Å². The highest BCUT2D eigenvalue weighted by atomic mass is 16.3. The molecule has 3 rings (SSSR count). The van der Waals surface area contributed by atoms with Crippen LogP contribution in [-0.4, -0.2) is 20.4 Å². The highest BCUT2D eigenvalue weighted by Crippen LogP contribution is 2.29. The Hall–Kier alpha value is -2.88. The number of phenols is 1. The lowest BCUT2D eigenvalue weighted by molar-refractivity contribution is 0.104. The molecule has 0 unspecified atom stereocenters. The topological polar surface area (TPSA) is 55.1 Å². The van der Waals surface area contributed by atoms with Gasteiger partial charge in [0.1, 0.15) is 11.3 Å². The van der Waals surface area contributed by atoms with E-state index in [1.54, 1.807) is 18.2 Å². The summed E-state index contributed by atoms with van der Waals surface area (Å²) < 4.78 is 1.88. The van der Waals surface area contributed by atoms with Gasteiger partial charge in [0, 0.05) is 7.05 Å². The highest BCUT2D eigenvalue weighted by Gasteiger charge is 2.15. The number of nitrogens with zero attached hydrogens (tertiary/aromatic N) is 2. The first-order chi connectivity index (χ1) is 10.6. The van der Waals surface area contributed by atoms with Gasteiger partial charge in [-0.2, -0.15) is 0 Å². The molecule has 0 aliphatic heterocycles. The lowest BCUT2D eigenvalue weighted by Gasteiger charge is -2.02. The predicted octanol–water partition coefficient (Wildman–Crippen LogP) is 3.48. The number of phenolic OH excluding ortho intramolecular Hbond substituents is 1. The summed E-state index contributed by atoms with van der Waals surface area (Å²) >= 11 is 0. The Kier molecular flexibility index (Phi) is 3.51. The largest absolute Gasteiger partial charge is 0.505 e. The van der Waals surface area contributed by atoms with Crippen LogP contribution in [0.3, 0.4) is 0 Å². The van der Waals surface area contributed by atoms with Crippen molar-refractivity contribution >= 4 is 22.9 Å². The van der Waals surface area contributed by atoms with Crippen molar-refractivity contribution in [1.82, 2.24) is 9.55 Å². The molecular formula is C18H16N2O2. The van der Waals surface area contributed by atoms with Crippen LogP contribution in [0.5, 0.6) is 5.75 Å². The van der Waals surface area contributed by atoms with Gasteiger partial charge in [0.05, 0.1) is 11.1 Å². The summed E-state index contributed by atoms with van der Waals surface area (Å²) in [5, 5.41) is 10.3. The number of aromatic nitrogens is 2. The average Bonchev–Trinajstić information content (AvgIpc) is 2.83. The number of aryl methyl sites for hydroxylation is 2. The second-order valence-corrected chi connectivity index (χ2v) is 5.16. The standard InChI is InChI=1S/C18H16N2O2/c1-12-19-17-15(20(12)2)10-9-14(18(17)22)16(21)11-8-13-6-4-3-5-7-13/h3-11,22H,1-2H3. The average molecular weight is 292 g/mol. The van der Waals surface area contributed by atoms with Crippen LogP contribution in [0.1, 0.15) is 21.7 Å². The maximum atomic E-state index is 12.3. The molecule has 0 fully saturated rings. The zero-order chi connectivity index (χ0) is 15.7. The molecule has 110 valence electrons. The minimum atomic E-state index is -0.244. The molecule has 0 bridgehead atoms. The third kappa shape index (κ3) is 2.39. The number of aromatic hydroxyl groups is 1. The third-order valence-electron chi connectivity index (χ3n) is 3.74. The zero-order valence-electron chi connectivity index (χ0n) is 12.4. The van der Waals surface area contributed by atoms with Crippen molar-refractivity contribution in [2.45, 2.75) is 6.92 Å². The molecule has 0 radical (unpaired) electrons. The van der Waals surface area contributed by atoms with Crippen molar-refractivity contribution in [3.63, 3.8) is 0 Å². The van der Waals surface area contributed by atoms with Gasteiger partial charge in [-0.15, -0.1) is 0 Å². The summed E-state index contributed by atoms with van der Waals surface area (Å²) in [6.07, 6.45) is 3.20. The van der Waals surface area contributed by atoms with Gasteiger partial charge in [0.15, 0.2) is 11.5 Å². The molecule has 2 aromatic carbocycles. The fraction of sp³-hybridized carbons (Fsp3) is 0.111. The second kappa shape index (κ2) is 5.48. The third-order valence-corrected chi connectivity index (χ3v) is 3.74. The Labute approximate surface area is 128 Å². The molecule has 0 amide bonds. The Morgan fingerprint density at radius 1 is 1.18 bits per heavy atom. The van der Waals surface area contributed by atoms with E-state index in [4.69, 9.17) is 0 Å². The molecular weight excluding hydrogens is 276 g/mol. The Morgan fingerprint density at radius 3 is 2.64 bits per heavy atom. The molecule has 0 spiro atoms. The smallest absolute Gasteiger partial charge is 0.189 e. The van der Waals surface area contributed by atoms with Crippen LogP contribution < -0.4 is 0 Å². The Bertz CT molecular complexity index is 877. The molecule has 3 aromatic rings. The molecule has 1 heterocycles. The van der Waals surface area contributed by atoms with E-state index in [0.29, 0.717) is 5.52 Å². The molecule has 0 saturated heterocycles. The van der Waals surface area contributed by atoms with Crippen LogP contribution in [0.15, 0.2) is 48.5 Å². The number of hydrogen-bond donors (Lipinski definition) is 1. The normalized spacial score (nSPS) is 11.4. The molecule has 0 saturated carbocycles. The molecule has 0 atom stereocenters. The lowest BCUT2D eigenvalue weighted by atomic mass is 10.1. The summed E-state index contributed by atoms with van der Waals surface area (Å²) in [6.45, 7) is 1.86. The lowest BCUT2D eigenvalue weighted by Crippen LogP contribution is -1.96. The summed E-state index contributed by atoms with van der Waals surface area (Å²) in [6, 6.07) is 13.0. The number of carbonyl (C=O) groups is 1. The van der Waals surface area contributed by atoms with Crippen molar-refractivity contribution in [3.05, 3.63) is 65.5 Å². The van der Waals surface area contributed by atoms with E-state index < -0.39 is 0 Å². The number of imidazole rings is 1. The fourth-order valence-corrected chi connectivity index (χ4v) is 2.39. The minimum absolute atomic E-state index is 0.0658. The van der Waals surface area contributed by atoms with Crippen molar-refractivity contribution in [1.29, 1.82) is 0 Å². The van der Waals surface area contributed by atoms with Crippen molar-refractivity contribution in [2.24, 2.45) is 7.05 Å². The van der Waals surface area contributed by atoms with E-state index in [1.807, 2.05) is 48.9 Å². The molecule has 1 aromatic heterocycles. The van der Waals surface area contributed by atoms with E-state index in [9.17, 15) is 9.90 Å². The molecule has 4 nitrogen and oxygen atoms in total. The van der Waals surface area contributed by atoms with Gasteiger partial charge in [0.2, 0.25) is 0 Å². The van der Waals surface area contributed by atoms with Gasteiger partial charge in [-0.3, -0.25) is 4.79 Å². The van der Waals surface area contributed by atoms with Crippen LogP contribution in [0.4, 0.5) is 0 Å². The van der Waals surface area contributed by atoms with E-state index in [-0.39, 0.29) is 17.1 Å². The number of rotatable bonds is 3. The molecule has 0 aliphatic carbocycles. The first-order valence-corrected chi connectivity index (χ1v) is 7.00. The second-order valence-electron chi connectivity index (χ2n) is 5.16. The number of fused-ring (bicyclic) bond motifs is 1. The zero-order valence-corrected chi connectivity index (χ0v) is 12.4. The summed E-state index contributed by atoms with van der Waals surface area (Å²) in [5.74, 6) is 0.477. The van der Waals surface area contributed by atoms with Crippen LogP contribution >= 0.6 is 0 Å². The van der Waals surface area contributed by atoms with Gasteiger partial charge in [0.25, 0.3) is 0 Å². The van der Waals surface area contributed by atoms with Gasteiger partial charge >= 0.3 is 0 Å². The Morgan fingerprint density at radius 2 is 1.91 bits per heavy atom. The molecule has 0 aliphatic rings. The molecule has 1 N–H and O–H groups in total. The van der Waals surface area contributed by atoms with Gasteiger partial charge in [-0.1, -0.05) is 36.4 Å². The quantitative estimate of drug-likeness (QED) is 0.594. The van der Waals surface area contributed by atoms with E-state index in [1.165, 1.54) is 6.08 Å². The minimum Gasteiger partial charge on any atom is -0.505 e. The highest BCUT2D eigenvalue weighted by molar-refractivity contribution is 6.11. The van der Waals surface area contributed by atoms with Crippen LogP contribution in [-0.2, 0) is 7.05 Å². The number of hydrogen-bond acceptors (Lipinski definition) is 3. The van der Waals surface area contributed by atoms with E-state index in [2.05, 4.69) is 4.98 Å². The molecule has 4 heteroatoms. The fourth-order valence-electron chi connectivity index (χ4n) is 2.39.